The first-order valence-corrected chi connectivity index (χ1v) is 16.0. The van der Waals surface area contributed by atoms with Crippen LogP contribution in [0.5, 0.6) is 0 Å². The van der Waals surface area contributed by atoms with Gasteiger partial charge in [-0.3, -0.25) is 0 Å². The zero-order chi connectivity index (χ0) is 27.6. The minimum Gasteiger partial charge on any atom is -0.383 e. The van der Waals surface area contributed by atoms with Crippen molar-refractivity contribution in [3.05, 3.63) is 36.3 Å². The molecule has 0 spiro atoms. The van der Waals surface area contributed by atoms with Crippen molar-refractivity contribution >= 4 is 39.7 Å². The van der Waals surface area contributed by atoms with Gasteiger partial charge < -0.3 is 15.0 Å². The summed E-state index contributed by atoms with van der Waals surface area (Å²) in [5.41, 5.74) is 10.2. The molecule has 1 aliphatic rings. The maximum absolute atomic E-state index is 10.8. The van der Waals surface area contributed by atoms with E-state index < -0.39 is 11.0 Å². The van der Waals surface area contributed by atoms with Crippen LogP contribution in [0.3, 0.4) is 0 Å². The second kappa shape index (κ2) is 19.1. The minimum atomic E-state index is -0.719. The van der Waals surface area contributed by atoms with Crippen LogP contribution in [0.2, 0.25) is 0 Å². The predicted molar refractivity (Wildman–Crippen MR) is 161 cm³/mol. The van der Waals surface area contributed by atoms with Crippen molar-refractivity contribution in [1.82, 2.24) is 23.8 Å². The van der Waals surface area contributed by atoms with Crippen LogP contribution in [-0.4, -0.2) is 66.0 Å². The third-order valence-corrected chi connectivity index (χ3v) is 6.87. The van der Waals surface area contributed by atoms with Crippen molar-refractivity contribution in [2.45, 2.75) is 67.0 Å². The molecule has 1 saturated heterocycles. The standard InChI is InChI=1S/C16H19N5OS.C6H13NOS.C3H8.C2H6/c1-11-9-21(10-22-6-7-23-2)16-14(11)20-13(8-19-16)12-4-3-5-18-15(12)17;1-9(8)7-5-3-2-4-6-7;1-3-2;1-2/h3-5,8-9H,6-7,10H2,1-2H3,(H2,17,18);2-6H2,1H3;3H2,1-2H3;1-2H3. The fourth-order valence-electron chi connectivity index (χ4n) is 3.50. The monoisotopic (exact) mass is 550 g/mol. The molecule has 3 aromatic heterocycles. The normalized spacial score (nSPS) is 13.9. The molecule has 1 fully saturated rings. The number of piperidine rings is 1. The molecule has 8 nitrogen and oxygen atoms in total. The lowest BCUT2D eigenvalue weighted by atomic mass is 10.2. The lowest BCUT2D eigenvalue weighted by Crippen LogP contribution is -2.30. The molecular weight excluding hydrogens is 504 g/mol. The molecule has 0 aliphatic carbocycles. The molecule has 4 heterocycles. The number of nitrogens with zero attached hydrogens (tertiary/aromatic N) is 5. The summed E-state index contributed by atoms with van der Waals surface area (Å²) in [6.45, 7) is 13.5. The van der Waals surface area contributed by atoms with Crippen molar-refractivity contribution in [2.24, 2.45) is 0 Å². The summed E-state index contributed by atoms with van der Waals surface area (Å²) in [6.07, 6.45) is 14.2. The van der Waals surface area contributed by atoms with Crippen LogP contribution in [0.25, 0.3) is 22.4 Å². The maximum Gasteiger partial charge on any atom is 0.160 e. The van der Waals surface area contributed by atoms with E-state index in [9.17, 15) is 4.21 Å². The van der Waals surface area contributed by atoms with Crippen LogP contribution in [0.1, 0.15) is 58.9 Å². The summed E-state index contributed by atoms with van der Waals surface area (Å²) in [5.74, 6) is 1.44. The molecule has 208 valence electrons. The van der Waals surface area contributed by atoms with E-state index in [4.69, 9.17) is 15.5 Å². The van der Waals surface area contributed by atoms with Gasteiger partial charge in [0.15, 0.2) is 5.65 Å². The van der Waals surface area contributed by atoms with Crippen molar-refractivity contribution in [1.29, 1.82) is 0 Å². The number of rotatable bonds is 7. The van der Waals surface area contributed by atoms with Gasteiger partial charge in [-0.15, -0.1) is 0 Å². The highest BCUT2D eigenvalue weighted by atomic mass is 32.2. The van der Waals surface area contributed by atoms with Crippen LogP contribution in [0, 0.1) is 6.92 Å². The van der Waals surface area contributed by atoms with E-state index >= 15 is 0 Å². The molecule has 0 aromatic carbocycles. The average Bonchev–Trinajstić information content (AvgIpc) is 3.24. The van der Waals surface area contributed by atoms with E-state index in [0.29, 0.717) is 12.5 Å². The summed E-state index contributed by atoms with van der Waals surface area (Å²) in [7, 11) is -0.719. The number of pyridine rings is 1. The second-order valence-electron chi connectivity index (χ2n) is 8.30. The first-order chi connectivity index (χ1) is 17.9. The topological polar surface area (TPSA) is 99.2 Å². The lowest BCUT2D eigenvalue weighted by molar-refractivity contribution is 0.0926. The SMILES string of the molecule is CC.CCC.CS(=O)N1CCCCC1.CSCCOCn1cc(C)c2nc(-c3cccnc3N)cnc21. The Morgan fingerprint density at radius 3 is 2.41 bits per heavy atom. The molecule has 3 aromatic rings. The van der Waals surface area contributed by atoms with Gasteiger partial charge >= 0.3 is 0 Å². The molecule has 1 unspecified atom stereocenters. The summed E-state index contributed by atoms with van der Waals surface area (Å²) < 4.78 is 20.5. The molecular formula is C27H46N6O2S2. The molecule has 0 saturated carbocycles. The first kappa shape index (κ1) is 33.0. The average molecular weight is 551 g/mol. The second-order valence-corrected chi connectivity index (χ2v) is 10.6. The zero-order valence-electron chi connectivity index (χ0n) is 23.7. The van der Waals surface area contributed by atoms with Crippen LogP contribution in [0.15, 0.2) is 30.7 Å². The van der Waals surface area contributed by atoms with Gasteiger partial charge in [0.05, 0.1) is 29.5 Å². The third-order valence-electron chi connectivity index (χ3n) is 5.20. The number of hydrogen-bond donors (Lipinski definition) is 1. The quantitative estimate of drug-likeness (QED) is 0.364. The Hall–Kier alpha value is -2.01. The molecule has 0 amide bonds. The van der Waals surface area contributed by atoms with Crippen molar-refractivity contribution in [3.8, 4) is 11.3 Å². The van der Waals surface area contributed by atoms with Crippen molar-refractivity contribution in [2.75, 3.05) is 43.7 Å². The fourth-order valence-corrected chi connectivity index (χ4v) is 4.56. The van der Waals surface area contributed by atoms with Gasteiger partial charge in [-0.2, -0.15) is 11.8 Å². The molecule has 2 N–H and O–H groups in total. The highest BCUT2D eigenvalue weighted by Crippen LogP contribution is 2.25. The fraction of sp³-hybridized carbons (Fsp3) is 0.593. The Morgan fingerprint density at radius 1 is 1.16 bits per heavy atom. The molecule has 1 aliphatic heterocycles. The van der Waals surface area contributed by atoms with Gasteiger partial charge in [-0.1, -0.05) is 40.5 Å². The highest BCUT2D eigenvalue weighted by molar-refractivity contribution is 7.98. The van der Waals surface area contributed by atoms with Gasteiger partial charge in [0.2, 0.25) is 0 Å². The zero-order valence-corrected chi connectivity index (χ0v) is 25.3. The summed E-state index contributed by atoms with van der Waals surface area (Å²) in [6, 6.07) is 3.74. The summed E-state index contributed by atoms with van der Waals surface area (Å²) in [5, 5.41) is 0. The van der Waals surface area contributed by atoms with Crippen molar-refractivity contribution in [3.63, 3.8) is 0 Å². The van der Waals surface area contributed by atoms with Gasteiger partial charge in [0, 0.05) is 43.1 Å². The van der Waals surface area contributed by atoms with Crippen LogP contribution in [0.4, 0.5) is 5.82 Å². The number of aryl methyl sites for hydroxylation is 1. The van der Waals surface area contributed by atoms with E-state index in [-0.39, 0.29) is 0 Å². The number of hydrogen-bond acceptors (Lipinski definition) is 7. The predicted octanol–water partition coefficient (Wildman–Crippen LogP) is 5.93. The van der Waals surface area contributed by atoms with E-state index in [0.717, 1.165) is 53.4 Å². The summed E-state index contributed by atoms with van der Waals surface area (Å²) >= 11 is 1.77. The van der Waals surface area contributed by atoms with Gasteiger partial charge in [-0.05, 0) is 43.7 Å². The molecule has 0 radical (unpaired) electrons. The molecule has 1 atom stereocenters. The highest BCUT2D eigenvalue weighted by Gasteiger charge is 2.13. The van der Waals surface area contributed by atoms with Crippen molar-refractivity contribution < 1.29 is 8.95 Å². The molecule has 37 heavy (non-hydrogen) atoms. The largest absolute Gasteiger partial charge is 0.383 e. The van der Waals surface area contributed by atoms with E-state index in [1.54, 1.807) is 30.4 Å². The number of ether oxygens (including phenoxy) is 1. The third kappa shape index (κ3) is 11.1. The Morgan fingerprint density at radius 2 is 1.84 bits per heavy atom. The van der Waals surface area contributed by atoms with Gasteiger partial charge in [-0.25, -0.2) is 23.5 Å². The smallest absolute Gasteiger partial charge is 0.160 e. The van der Waals surface area contributed by atoms with Crippen LogP contribution in [-0.2, 0) is 22.5 Å². The van der Waals surface area contributed by atoms with Gasteiger partial charge in [0.25, 0.3) is 0 Å². The Balaban J connectivity index is 0.000000406. The lowest BCUT2D eigenvalue weighted by Gasteiger charge is -2.22. The van der Waals surface area contributed by atoms with E-state index in [2.05, 4.69) is 30.1 Å². The summed E-state index contributed by atoms with van der Waals surface area (Å²) in [4.78, 5) is 13.4. The number of fused-ring (bicyclic) bond motifs is 1. The molecule has 10 heteroatoms. The minimum absolute atomic E-state index is 0.457. The Labute approximate surface area is 230 Å². The van der Waals surface area contributed by atoms with E-state index in [1.165, 1.54) is 25.7 Å². The number of aromatic nitrogens is 4. The molecule has 4 rings (SSSR count). The maximum atomic E-state index is 10.8. The first-order valence-electron chi connectivity index (χ1n) is 13.1. The number of anilines is 1. The molecule has 0 bridgehead atoms. The van der Waals surface area contributed by atoms with Gasteiger partial charge in [0.1, 0.15) is 18.1 Å². The Kier molecular flexibility index (Phi) is 17.1. The van der Waals surface area contributed by atoms with Crippen LogP contribution >= 0.6 is 11.8 Å². The Bertz CT molecular complexity index is 1050. The van der Waals surface area contributed by atoms with E-state index in [1.807, 2.05) is 48.0 Å². The number of nitrogen functional groups attached to an aromatic ring is 1. The number of thioether (sulfide) groups is 1. The number of nitrogens with two attached hydrogens (primary N) is 1. The van der Waals surface area contributed by atoms with Crippen LogP contribution < -0.4 is 5.73 Å².